The Kier molecular flexibility index (Phi) is 5.84. The van der Waals surface area contributed by atoms with Gasteiger partial charge in [0.2, 0.25) is 0 Å². The minimum atomic E-state index is -0.251. The highest BCUT2D eigenvalue weighted by Gasteiger charge is 2.10. The fourth-order valence-electron chi connectivity index (χ4n) is 1.42. The highest BCUT2D eigenvalue weighted by Crippen LogP contribution is 2.23. The third-order valence-electron chi connectivity index (χ3n) is 2.34. The van der Waals surface area contributed by atoms with E-state index in [-0.39, 0.29) is 12.4 Å². The third-order valence-corrected chi connectivity index (χ3v) is 2.57. The molecule has 3 nitrogen and oxygen atoms in total. The van der Waals surface area contributed by atoms with Gasteiger partial charge in [-0.15, -0.1) is 0 Å². The quantitative estimate of drug-likeness (QED) is 0.579. The van der Waals surface area contributed by atoms with Crippen molar-refractivity contribution in [3.8, 4) is 5.75 Å². The fourth-order valence-corrected chi connectivity index (χ4v) is 1.62. The lowest BCUT2D eigenvalue weighted by molar-refractivity contribution is -0.142. The molecule has 0 N–H and O–H groups in total. The number of benzene rings is 1. The van der Waals surface area contributed by atoms with Crippen molar-refractivity contribution in [2.75, 3.05) is 13.7 Å². The zero-order valence-electron chi connectivity index (χ0n) is 10.2. The second-order valence-electron chi connectivity index (χ2n) is 3.71. The summed E-state index contributed by atoms with van der Waals surface area (Å²) in [6.07, 6.45) is 2.08. The maximum absolute atomic E-state index is 11.5. The van der Waals surface area contributed by atoms with Crippen LogP contribution in [-0.4, -0.2) is 19.7 Å². The van der Waals surface area contributed by atoms with Gasteiger partial charge in [0.15, 0.2) is 0 Å². The van der Waals surface area contributed by atoms with E-state index in [0.29, 0.717) is 17.4 Å². The van der Waals surface area contributed by atoms with Gasteiger partial charge in [-0.05, 0) is 24.6 Å². The minimum Gasteiger partial charge on any atom is -0.496 e. The van der Waals surface area contributed by atoms with Gasteiger partial charge in [0, 0.05) is 10.6 Å². The summed E-state index contributed by atoms with van der Waals surface area (Å²) < 4.78 is 10.2. The van der Waals surface area contributed by atoms with Crippen LogP contribution < -0.4 is 4.74 Å². The maximum Gasteiger partial charge on any atom is 0.310 e. The van der Waals surface area contributed by atoms with E-state index >= 15 is 0 Å². The van der Waals surface area contributed by atoms with Crippen LogP contribution in [0.15, 0.2) is 18.2 Å². The number of hydrogen-bond acceptors (Lipinski definition) is 3. The molecule has 0 saturated carbocycles. The molecular weight excluding hydrogens is 240 g/mol. The summed E-state index contributed by atoms with van der Waals surface area (Å²) in [7, 11) is 1.56. The van der Waals surface area contributed by atoms with Gasteiger partial charge in [0.05, 0.1) is 20.1 Å². The van der Waals surface area contributed by atoms with E-state index in [4.69, 9.17) is 21.1 Å². The normalized spacial score (nSPS) is 10.1. The molecule has 0 radical (unpaired) electrons. The number of unbranched alkanes of at least 4 members (excludes halogenated alkanes) is 1. The van der Waals surface area contributed by atoms with E-state index in [0.717, 1.165) is 18.4 Å². The summed E-state index contributed by atoms with van der Waals surface area (Å²) in [5, 5.41) is 0.585. The summed E-state index contributed by atoms with van der Waals surface area (Å²) in [4.78, 5) is 11.5. The largest absolute Gasteiger partial charge is 0.496 e. The number of halogens is 1. The van der Waals surface area contributed by atoms with Crippen molar-refractivity contribution in [3.63, 3.8) is 0 Å². The van der Waals surface area contributed by atoms with Crippen LogP contribution in [0.4, 0.5) is 0 Å². The van der Waals surface area contributed by atoms with Crippen LogP contribution in [0, 0.1) is 0 Å². The maximum atomic E-state index is 11.5. The first kappa shape index (κ1) is 13.8. The van der Waals surface area contributed by atoms with E-state index in [1.165, 1.54) is 0 Å². The second-order valence-corrected chi connectivity index (χ2v) is 4.14. The summed E-state index contributed by atoms with van der Waals surface area (Å²) in [6, 6.07) is 5.20. The molecule has 0 aliphatic heterocycles. The molecular formula is C13H17ClO3. The van der Waals surface area contributed by atoms with Gasteiger partial charge >= 0.3 is 5.97 Å². The van der Waals surface area contributed by atoms with Gasteiger partial charge in [-0.2, -0.15) is 0 Å². The topological polar surface area (TPSA) is 35.5 Å². The lowest BCUT2D eigenvalue weighted by Gasteiger charge is -2.08. The minimum absolute atomic E-state index is 0.188. The molecule has 0 aliphatic rings. The molecule has 1 aromatic carbocycles. The van der Waals surface area contributed by atoms with E-state index in [2.05, 4.69) is 0 Å². The van der Waals surface area contributed by atoms with Gasteiger partial charge in [0.25, 0.3) is 0 Å². The van der Waals surface area contributed by atoms with Crippen molar-refractivity contribution in [3.05, 3.63) is 28.8 Å². The SMILES string of the molecule is CCCCOC(=O)Cc1cc(Cl)ccc1OC. The van der Waals surface area contributed by atoms with Gasteiger partial charge in [-0.1, -0.05) is 24.9 Å². The number of rotatable bonds is 6. The van der Waals surface area contributed by atoms with Gasteiger partial charge < -0.3 is 9.47 Å². The van der Waals surface area contributed by atoms with E-state index < -0.39 is 0 Å². The molecule has 0 aliphatic carbocycles. The van der Waals surface area contributed by atoms with Crippen molar-refractivity contribution in [1.29, 1.82) is 0 Å². The molecule has 0 unspecified atom stereocenters. The van der Waals surface area contributed by atoms with Gasteiger partial charge in [0.1, 0.15) is 5.75 Å². The van der Waals surface area contributed by atoms with Crippen LogP contribution in [0.3, 0.4) is 0 Å². The van der Waals surface area contributed by atoms with E-state index in [9.17, 15) is 4.79 Å². The monoisotopic (exact) mass is 256 g/mol. The standard InChI is InChI=1S/C13H17ClO3/c1-3-4-7-17-13(15)9-10-8-11(14)5-6-12(10)16-2/h5-6,8H,3-4,7,9H2,1-2H3. The Morgan fingerprint density at radius 1 is 1.41 bits per heavy atom. The molecule has 0 fully saturated rings. The number of carbonyl (C=O) groups excluding carboxylic acids is 1. The first-order valence-corrected chi connectivity index (χ1v) is 6.03. The van der Waals surface area contributed by atoms with Crippen molar-refractivity contribution < 1.29 is 14.3 Å². The number of carbonyl (C=O) groups is 1. The average Bonchev–Trinajstić information content (AvgIpc) is 2.29. The zero-order chi connectivity index (χ0) is 12.7. The molecule has 0 amide bonds. The smallest absolute Gasteiger partial charge is 0.310 e. The molecule has 0 saturated heterocycles. The fraction of sp³-hybridized carbons (Fsp3) is 0.462. The van der Waals surface area contributed by atoms with Crippen molar-refractivity contribution in [2.45, 2.75) is 26.2 Å². The van der Waals surface area contributed by atoms with Gasteiger partial charge in [-0.3, -0.25) is 4.79 Å². The molecule has 94 valence electrons. The second kappa shape index (κ2) is 7.17. The number of hydrogen-bond donors (Lipinski definition) is 0. The molecule has 4 heteroatoms. The lowest BCUT2D eigenvalue weighted by Crippen LogP contribution is -2.09. The summed E-state index contributed by atoms with van der Waals surface area (Å²) >= 11 is 5.88. The van der Waals surface area contributed by atoms with Crippen molar-refractivity contribution in [2.24, 2.45) is 0 Å². The summed E-state index contributed by atoms with van der Waals surface area (Å²) in [6.45, 7) is 2.52. The molecule has 0 atom stereocenters. The Hall–Kier alpha value is -1.22. The highest BCUT2D eigenvalue weighted by molar-refractivity contribution is 6.30. The average molecular weight is 257 g/mol. The van der Waals surface area contributed by atoms with Crippen LogP contribution in [0.5, 0.6) is 5.75 Å². The number of methoxy groups -OCH3 is 1. The molecule has 0 spiro atoms. The van der Waals surface area contributed by atoms with Gasteiger partial charge in [-0.25, -0.2) is 0 Å². The summed E-state index contributed by atoms with van der Waals surface area (Å²) in [5.74, 6) is 0.404. The molecule has 0 bridgehead atoms. The lowest BCUT2D eigenvalue weighted by atomic mass is 10.1. The Labute approximate surface area is 107 Å². The van der Waals surface area contributed by atoms with Crippen LogP contribution >= 0.6 is 11.6 Å². The molecule has 17 heavy (non-hydrogen) atoms. The predicted octanol–water partition coefficient (Wildman–Crippen LogP) is 3.23. The van der Waals surface area contributed by atoms with Crippen LogP contribution in [0.1, 0.15) is 25.3 Å². The first-order chi connectivity index (χ1) is 8.17. The molecule has 1 rings (SSSR count). The highest BCUT2D eigenvalue weighted by atomic mass is 35.5. The molecule has 1 aromatic rings. The number of ether oxygens (including phenoxy) is 2. The van der Waals surface area contributed by atoms with Crippen LogP contribution in [0.25, 0.3) is 0 Å². The zero-order valence-corrected chi connectivity index (χ0v) is 10.9. The van der Waals surface area contributed by atoms with Crippen LogP contribution in [-0.2, 0) is 16.0 Å². The van der Waals surface area contributed by atoms with E-state index in [1.807, 2.05) is 6.92 Å². The summed E-state index contributed by atoms with van der Waals surface area (Å²) in [5.41, 5.74) is 0.751. The van der Waals surface area contributed by atoms with Crippen molar-refractivity contribution >= 4 is 17.6 Å². The Morgan fingerprint density at radius 2 is 2.18 bits per heavy atom. The number of esters is 1. The van der Waals surface area contributed by atoms with E-state index in [1.54, 1.807) is 25.3 Å². The Bertz CT molecular complexity index is 377. The first-order valence-electron chi connectivity index (χ1n) is 5.65. The molecule has 0 heterocycles. The Balaban J connectivity index is 2.60. The van der Waals surface area contributed by atoms with Crippen LogP contribution in [0.2, 0.25) is 5.02 Å². The molecule has 0 aromatic heterocycles. The predicted molar refractivity (Wildman–Crippen MR) is 67.6 cm³/mol. The van der Waals surface area contributed by atoms with Crippen molar-refractivity contribution in [1.82, 2.24) is 0 Å². The Morgan fingerprint density at radius 3 is 2.82 bits per heavy atom. The third kappa shape index (κ3) is 4.65.